The number of aromatic nitrogens is 2. The Kier molecular flexibility index (Phi) is 7.38. The quantitative estimate of drug-likeness (QED) is 0.413. The Balaban J connectivity index is 1.06. The molecule has 2 saturated heterocycles. The number of H-pyrrole nitrogens is 1. The van der Waals surface area contributed by atoms with Crippen molar-refractivity contribution in [3.8, 4) is 0 Å². The third-order valence-corrected chi connectivity index (χ3v) is 9.35. The molecular weight excluding hydrogens is 410 g/mol. The van der Waals surface area contributed by atoms with Crippen LogP contribution >= 0.6 is 0 Å². The van der Waals surface area contributed by atoms with E-state index in [2.05, 4.69) is 24.7 Å². The molecule has 0 aromatic carbocycles. The van der Waals surface area contributed by atoms with Crippen molar-refractivity contribution in [1.29, 1.82) is 5.41 Å². The van der Waals surface area contributed by atoms with Crippen LogP contribution in [-0.4, -0.2) is 81.9 Å². The normalized spacial score (nSPS) is 29.4. The average Bonchev–Trinajstić information content (AvgIpc) is 3.58. The lowest BCUT2D eigenvalue weighted by atomic mass is 9.77. The maximum absolute atomic E-state index is 7.81. The molecule has 1 aromatic heterocycles. The van der Waals surface area contributed by atoms with Gasteiger partial charge < -0.3 is 20.5 Å². The number of rotatable bonds is 8. The molecule has 7 nitrogen and oxygen atoms in total. The van der Waals surface area contributed by atoms with Gasteiger partial charge in [-0.1, -0.05) is 12.8 Å². The van der Waals surface area contributed by atoms with Gasteiger partial charge in [-0.3, -0.25) is 10.3 Å². The summed E-state index contributed by atoms with van der Waals surface area (Å²) in [4.78, 5) is 15.6. The Morgan fingerprint density at radius 2 is 1.82 bits per heavy atom. The molecule has 3 heterocycles. The van der Waals surface area contributed by atoms with Gasteiger partial charge in [-0.25, -0.2) is 4.98 Å². The third kappa shape index (κ3) is 5.80. The lowest BCUT2D eigenvalue weighted by molar-refractivity contribution is 0.0738. The van der Waals surface area contributed by atoms with E-state index in [9.17, 15) is 0 Å². The van der Waals surface area contributed by atoms with Crippen molar-refractivity contribution in [3.63, 3.8) is 0 Å². The second-order valence-electron chi connectivity index (χ2n) is 11.6. The van der Waals surface area contributed by atoms with E-state index in [0.29, 0.717) is 18.0 Å². The molecule has 4 N–H and O–H groups in total. The van der Waals surface area contributed by atoms with Gasteiger partial charge in [0.15, 0.2) is 0 Å². The lowest BCUT2D eigenvalue weighted by Crippen LogP contribution is -2.46. The Hall–Kier alpha value is -1.44. The predicted octanol–water partition coefficient (Wildman–Crippen LogP) is 3.44. The van der Waals surface area contributed by atoms with Crippen LogP contribution in [-0.2, 0) is 6.54 Å². The first-order chi connectivity index (χ1) is 16.1. The first kappa shape index (κ1) is 23.3. The minimum Gasteiger partial charge on any atom is -0.387 e. The molecule has 1 spiro atoms. The highest BCUT2D eigenvalue weighted by Gasteiger charge is 2.42. The SMILES string of the molecule is N=C(N)CN(Cc1ncc[nH]1)[C@H]1CC[C@H](CN2CCC3(CCN(C4CCCC4)CC3)C2)CC1. The first-order valence-electron chi connectivity index (χ1n) is 13.6. The van der Waals surface area contributed by atoms with Gasteiger partial charge in [-0.2, -0.15) is 0 Å². The van der Waals surface area contributed by atoms with Gasteiger partial charge in [0.1, 0.15) is 11.7 Å². The topological polar surface area (TPSA) is 88.3 Å². The lowest BCUT2D eigenvalue weighted by Gasteiger charge is -2.42. The van der Waals surface area contributed by atoms with Crippen molar-refractivity contribution >= 4 is 5.84 Å². The molecule has 0 atom stereocenters. The number of nitrogens with two attached hydrogens (primary N) is 1. The molecule has 0 amide bonds. The number of imidazole rings is 1. The molecule has 5 rings (SSSR count). The molecule has 0 unspecified atom stereocenters. The van der Waals surface area contributed by atoms with Crippen LogP contribution in [0.3, 0.4) is 0 Å². The van der Waals surface area contributed by atoms with Crippen LogP contribution in [0.5, 0.6) is 0 Å². The molecule has 2 aliphatic heterocycles. The molecule has 1 aromatic rings. The van der Waals surface area contributed by atoms with E-state index in [0.717, 1.165) is 24.3 Å². The van der Waals surface area contributed by atoms with Crippen LogP contribution in [0.2, 0.25) is 0 Å². The molecule has 184 valence electrons. The zero-order valence-corrected chi connectivity index (χ0v) is 20.5. The standard InChI is InChI=1S/C26H45N7/c27-24(28)18-33(19-25-29-12-13-30-25)23-7-5-21(6-8-23)17-31-14-9-26(20-31)10-15-32(16-11-26)22-3-1-2-4-22/h12-13,21-23H,1-11,14-20H2,(H3,27,28)(H,29,30)/t21-,23-. The van der Waals surface area contributed by atoms with Crippen molar-refractivity contribution in [2.75, 3.05) is 39.3 Å². The van der Waals surface area contributed by atoms with Crippen LogP contribution in [0, 0.1) is 16.7 Å². The Bertz CT molecular complexity index is 741. The summed E-state index contributed by atoms with van der Waals surface area (Å²) in [7, 11) is 0. The molecule has 0 bridgehead atoms. The van der Waals surface area contributed by atoms with Gasteiger partial charge >= 0.3 is 0 Å². The van der Waals surface area contributed by atoms with E-state index >= 15 is 0 Å². The maximum atomic E-state index is 7.81. The van der Waals surface area contributed by atoms with Crippen LogP contribution in [0.1, 0.15) is 76.5 Å². The van der Waals surface area contributed by atoms with E-state index in [-0.39, 0.29) is 5.84 Å². The second kappa shape index (κ2) is 10.4. The summed E-state index contributed by atoms with van der Waals surface area (Å²) in [6.45, 7) is 7.97. The molecule has 33 heavy (non-hydrogen) atoms. The van der Waals surface area contributed by atoms with E-state index in [1.165, 1.54) is 103 Å². The molecule has 4 aliphatic rings. The molecule has 2 saturated carbocycles. The highest BCUT2D eigenvalue weighted by molar-refractivity contribution is 5.78. The number of likely N-dealkylation sites (tertiary alicyclic amines) is 2. The van der Waals surface area contributed by atoms with Crippen LogP contribution < -0.4 is 5.73 Å². The summed E-state index contributed by atoms with van der Waals surface area (Å²) in [6.07, 6.45) is 18.8. The van der Waals surface area contributed by atoms with Crippen molar-refractivity contribution in [3.05, 3.63) is 18.2 Å². The Labute approximate surface area is 200 Å². The smallest absolute Gasteiger partial charge is 0.120 e. The average molecular weight is 456 g/mol. The molecular formula is C26H45N7. The number of piperidine rings is 1. The maximum Gasteiger partial charge on any atom is 0.120 e. The fraction of sp³-hybridized carbons (Fsp3) is 0.846. The highest BCUT2D eigenvalue weighted by Crippen LogP contribution is 2.42. The number of nitrogens with zero attached hydrogens (tertiary/aromatic N) is 4. The van der Waals surface area contributed by atoms with Crippen LogP contribution in [0.15, 0.2) is 12.4 Å². The summed E-state index contributed by atoms with van der Waals surface area (Å²) < 4.78 is 0. The van der Waals surface area contributed by atoms with E-state index in [1.807, 2.05) is 6.20 Å². The van der Waals surface area contributed by atoms with Gasteiger partial charge in [0, 0.05) is 37.6 Å². The van der Waals surface area contributed by atoms with Gasteiger partial charge in [-0.05, 0) is 88.8 Å². The van der Waals surface area contributed by atoms with Gasteiger partial charge in [0.2, 0.25) is 0 Å². The monoisotopic (exact) mass is 455 g/mol. The van der Waals surface area contributed by atoms with Gasteiger partial charge in [0.05, 0.1) is 13.1 Å². The highest BCUT2D eigenvalue weighted by atomic mass is 15.2. The Morgan fingerprint density at radius 1 is 1.09 bits per heavy atom. The van der Waals surface area contributed by atoms with Crippen LogP contribution in [0.4, 0.5) is 0 Å². The van der Waals surface area contributed by atoms with E-state index in [1.54, 1.807) is 6.20 Å². The van der Waals surface area contributed by atoms with Crippen molar-refractivity contribution < 1.29 is 0 Å². The Morgan fingerprint density at radius 3 is 2.48 bits per heavy atom. The number of hydrogen-bond donors (Lipinski definition) is 3. The molecule has 2 aliphatic carbocycles. The van der Waals surface area contributed by atoms with Crippen LogP contribution in [0.25, 0.3) is 0 Å². The van der Waals surface area contributed by atoms with Crippen molar-refractivity contribution in [2.45, 2.75) is 89.3 Å². The van der Waals surface area contributed by atoms with Crippen molar-refractivity contribution in [1.82, 2.24) is 24.7 Å². The summed E-state index contributed by atoms with van der Waals surface area (Å²) in [5.41, 5.74) is 6.40. The summed E-state index contributed by atoms with van der Waals surface area (Å²) >= 11 is 0. The second-order valence-corrected chi connectivity index (χ2v) is 11.6. The summed E-state index contributed by atoms with van der Waals surface area (Å²) in [5, 5.41) is 7.81. The number of nitrogens with one attached hydrogen (secondary N) is 2. The minimum absolute atomic E-state index is 0.255. The zero-order valence-electron chi connectivity index (χ0n) is 20.5. The summed E-state index contributed by atoms with van der Waals surface area (Å²) in [6, 6.07) is 1.42. The number of hydrogen-bond acceptors (Lipinski definition) is 5. The fourth-order valence-electron chi connectivity index (χ4n) is 7.39. The number of aromatic amines is 1. The van der Waals surface area contributed by atoms with Gasteiger partial charge in [-0.15, -0.1) is 0 Å². The van der Waals surface area contributed by atoms with Crippen molar-refractivity contribution in [2.24, 2.45) is 17.1 Å². The fourth-order valence-corrected chi connectivity index (χ4v) is 7.39. The third-order valence-electron chi connectivity index (χ3n) is 9.35. The van der Waals surface area contributed by atoms with Gasteiger partial charge in [0.25, 0.3) is 0 Å². The summed E-state index contributed by atoms with van der Waals surface area (Å²) in [5.74, 6) is 2.06. The predicted molar refractivity (Wildman–Crippen MR) is 133 cm³/mol. The molecule has 7 heteroatoms. The minimum atomic E-state index is 0.255. The zero-order chi connectivity index (χ0) is 22.7. The van der Waals surface area contributed by atoms with E-state index in [4.69, 9.17) is 11.1 Å². The number of amidine groups is 1. The molecule has 0 radical (unpaired) electrons. The largest absolute Gasteiger partial charge is 0.387 e. The molecule has 4 fully saturated rings. The van der Waals surface area contributed by atoms with E-state index < -0.39 is 0 Å². The first-order valence-corrected chi connectivity index (χ1v) is 13.6.